The largest absolute Gasteiger partial charge is 0.319 e. The van der Waals surface area contributed by atoms with Gasteiger partial charge in [0.1, 0.15) is 5.82 Å². The second kappa shape index (κ2) is 5.89. The van der Waals surface area contributed by atoms with Gasteiger partial charge in [-0.2, -0.15) is 0 Å². The average molecular weight is 250 g/mol. The summed E-state index contributed by atoms with van der Waals surface area (Å²) in [6.45, 7) is 0.763. The second-order valence-electron chi connectivity index (χ2n) is 3.95. The molecule has 0 bridgehead atoms. The van der Waals surface area contributed by atoms with E-state index < -0.39 is 0 Å². The number of nitrogens with zero attached hydrogens (tertiary/aromatic N) is 1. The number of thiazole rings is 1. The number of hydrogen-bond acceptors (Lipinski definition) is 3. The number of aromatic nitrogens is 1. The Bertz CT molecular complexity index is 456. The summed E-state index contributed by atoms with van der Waals surface area (Å²) in [5.74, 6) is 0.0268. The quantitative estimate of drug-likeness (QED) is 0.882. The monoisotopic (exact) mass is 250 g/mol. The molecule has 1 unspecified atom stereocenters. The number of hydrogen-bond donors (Lipinski definition) is 1. The third-order valence-corrected chi connectivity index (χ3v) is 3.53. The standard InChI is InChI=1S/C13H15FN2S/c1-15-7-10(6-11-8-16-9-17-11)12-4-2-3-5-13(12)14/h2-5,8-10,15H,6-7H2,1H3. The van der Waals surface area contributed by atoms with Gasteiger partial charge in [-0.25, -0.2) is 4.39 Å². The fourth-order valence-corrected chi connectivity index (χ4v) is 2.61. The molecule has 1 heterocycles. The number of halogens is 1. The lowest BCUT2D eigenvalue weighted by Crippen LogP contribution is -2.19. The van der Waals surface area contributed by atoms with Crippen LogP contribution in [0.3, 0.4) is 0 Å². The molecule has 2 rings (SSSR count). The maximum absolute atomic E-state index is 13.8. The third kappa shape index (κ3) is 3.11. The van der Waals surface area contributed by atoms with E-state index in [1.807, 2.05) is 30.9 Å². The molecular weight excluding hydrogens is 235 g/mol. The van der Waals surface area contributed by atoms with E-state index in [-0.39, 0.29) is 11.7 Å². The molecule has 0 aliphatic heterocycles. The summed E-state index contributed by atoms with van der Waals surface area (Å²) in [4.78, 5) is 5.24. The Balaban J connectivity index is 2.20. The lowest BCUT2D eigenvalue weighted by atomic mass is 9.94. The van der Waals surface area contributed by atoms with E-state index in [1.54, 1.807) is 17.4 Å². The van der Waals surface area contributed by atoms with E-state index in [9.17, 15) is 4.39 Å². The highest BCUT2D eigenvalue weighted by Crippen LogP contribution is 2.24. The number of likely N-dealkylation sites (N-methyl/N-ethyl adjacent to an activating group) is 1. The molecule has 1 N–H and O–H groups in total. The Morgan fingerprint density at radius 3 is 2.88 bits per heavy atom. The van der Waals surface area contributed by atoms with Gasteiger partial charge >= 0.3 is 0 Å². The van der Waals surface area contributed by atoms with Crippen LogP contribution in [0.2, 0.25) is 0 Å². The van der Waals surface area contributed by atoms with Gasteiger partial charge in [0, 0.05) is 23.5 Å². The smallest absolute Gasteiger partial charge is 0.126 e. The zero-order valence-electron chi connectivity index (χ0n) is 9.69. The predicted molar refractivity (Wildman–Crippen MR) is 68.9 cm³/mol. The highest BCUT2D eigenvalue weighted by molar-refractivity contribution is 7.09. The maximum atomic E-state index is 13.8. The van der Waals surface area contributed by atoms with Gasteiger partial charge in [-0.15, -0.1) is 11.3 Å². The maximum Gasteiger partial charge on any atom is 0.126 e. The minimum absolute atomic E-state index is 0.128. The minimum atomic E-state index is -0.128. The lowest BCUT2D eigenvalue weighted by Gasteiger charge is -2.16. The van der Waals surface area contributed by atoms with Crippen molar-refractivity contribution in [2.45, 2.75) is 12.3 Å². The summed E-state index contributed by atoms with van der Waals surface area (Å²) in [6, 6.07) is 6.98. The summed E-state index contributed by atoms with van der Waals surface area (Å²) >= 11 is 1.62. The van der Waals surface area contributed by atoms with Crippen LogP contribution >= 0.6 is 11.3 Å². The molecule has 0 saturated carbocycles. The molecule has 2 aromatic rings. The zero-order valence-corrected chi connectivity index (χ0v) is 10.5. The van der Waals surface area contributed by atoms with Crippen molar-refractivity contribution in [1.82, 2.24) is 10.3 Å². The average Bonchev–Trinajstić information content (AvgIpc) is 2.82. The molecule has 0 saturated heterocycles. The van der Waals surface area contributed by atoms with Crippen molar-refractivity contribution < 1.29 is 4.39 Å². The van der Waals surface area contributed by atoms with Crippen LogP contribution in [-0.2, 0) is 6.42 Å². The fourth-order valence-electron chi connectivity index (χ4n) is 1.93. The molecule has 17 heavy (non-hydrogen) atoms. The highest BCUT2D eigenvalue weighted by atomic mass is 32.1. The van der Waals surface area contributed by atoms with Crippen LogP contribution in [0.5, 0.6) is 0 Å². The lowest BCUT2D eigenvalue weighted by molar-refractivity contribution is 0.558. The van der Waals surface area contributed by atoms with Gasteiger partial charge in [0.2, 0.25) is 0 Å². The van der Waals surface area contributed by atoms with Crippen molar-refractivity contribution in [1.29, 1.82) is 0 Å². The van der Waals surface area contributed by atoms with Gasteiger partial charge in [-0.05, 0) is 25.1 Å². The second-order valence-corrected chi connectivity index (χ2v) is 4.92. The Labute approximate surface area is 105 Å². The van der Waals surface area contributed by atoms with Crippen molar-refractivity contribution in [3.8, 4) is 0 Å². The van der Waals surface area contributed by atoms with E-state index in [2.05, 4.69) is 10.3 Å². The molecule has 0 fully saturated rings. The molecule has 0 aliphatic carbocycles. The van der Waals surface area contributed by atoms with Crippen LogP contribution in [0.1, 0.15) is 16.4 Å². The Morgan fingerprint density at radius 1 is 1.41 bits per heavy atom. The van der Waals surface area contributed by atoms with Crippen LogP contribution in [0.4, 0.5) is 4.39 Å². The van der Waals surface area contributed by atoms with Gasteiger partial charge in [0.15, 0.2) is 0 Å². The Morgan fingerprint density at radius 2 is 2.24 bits per heavy atom. The van der Waals surface area contributed by atoms with Crippen molar-refractivity contribution in [2.75, 3.05) is 13.6 Å². The predicted octanol–water partition coefficient (Wildman–Crippen LogP) is 2.83. The van der Waals surface area contributed by atoms with Crippen molar-refractivity contribution >= 4 is 11.3 Å². The van der Waals surface area contributed by atoms with Crippen LogP contribution in [0.15, 0.2) is 36.0 Å². The molecule has 1 aromatic heterocycles. The van der Waals surface area contributed by atoms with Crippen LogP contribution in [0, 0.1) is 5.82 Å². The molecule has 1 atom stereocenters. The molecule has 90 valence electrons. The molecule has 0 spiro atoms. The molecule has 4 heteroatoms. The van der Waals surface area contributed by atoms with Crippen molar-refractivity contribution in [3.63, 3.8) is 0 Å². The topological polar surface area (TPSA) is 24.9 Å². The number of rotatable bonds is 5. The summed E-state index contributed by atoms with van der Waals surface area (Å²) in [5, 5.41) is 3.12. The fraction of sp³-hybridized carbons (Fsp3) is 0.308. The van der Waals surface area contributed by atoms with Gasteiger partial charge < -0.3 is 5.32 Å². The van der Waals surface area contributed by atoms with E-state index >= 15 is 0 Å². The Hall–Kier alpha value is -1.26. The molecule has 0 aliphatic rings. The van der Waals surface area contributed by atoms with E-state index in [1.165, 1.54) is 10.9 Å². The van der Waals surface area contributed by atoms with E-state index in [0.29, 0.717) is 0 Å². The summed E-state index contributed by atoms with van der Waals surface area (Å²) in [7, 11) is 1.89. The molecule has 0 radical (unpaired) electrons. The van der Waals surface area contributed by atoms with Crippen LogP contribution < -0.4 is 5.32 Å². The SMILES string of the molecule is CNCC(Cc1cncs1)c1ccccc1F. The molecule has 2 nitrogen and oxygen atoms in total. The third-order valence-electron chi connectivity index (χ3n) is 2.73. The first-order valence-corrected chi connectivity index (χ1v) is 6.45. The minimum Gasteiger partial charge on any atom is -0.319 e. The van der Waals surface area contributed by atoms with Crippen molar-refractivity contribution in [3.05, 3.63) is 52.2 Å². The van der Waals surface area contributed by atoms with Gasteiger partial charge in [0.05, 0.1) is 5.51 Å². The molecular formula is C13H15FN2S. The first kappa shape index (κ1) is 12.2. The summed E-state index contributed by atoms with van der Waals surface area (Å²) in [6.07, 6.45) is 2.68. The van der Waals surface area contributed by atoms with E-state index in [4.69, 9.17) is 0 Å². The zero-order chi connectivity index (χ0) is 12.1. The summed E-state index contributed by atoms with van der Waals surface area (Å²) in [5.41, 5.74) is 2.59. The molecule has 1 aromatic carbocycles. The first-order chi connectivity index (χ1) is 8.31. The van der Waals surface area contributed by atoms with Crippen molar-refractivity contribution in [2.24, 2.45) is 0 Å². The summed E-state index contributed by atoms with van der Waals surface area (Å²) < 4.78 is 13.8. The first-order valence-electron chi connectivity index (χ1n) is 5.57. The van der Waals surface area contributed by atoms with Gasteiger partial charge in [-0.1, -0.05) is 18.2 Å². The highest BCUT2D eigenvalue weighted by Gasteiger charge is 2.15. The van der Waals surface area contributed by atoms with Crippen LogP contribution in [0.25, 0.3) is 0 Å². The van der Waals surface area contributed by atoms with Crippen LogP contribution in [-0.4, -0.2) is 18.6 Å². The Kier molecular flexibility index (Phi) is 4.23. The number of nitrogens with one attached hydrogen (secondary N) is 1. The van der Waals surface area contributed by atoms with Gasteiger partial charge in [-0.3, -0.25) is 4.98 Å². The normalized spacial score (nSPS) is 12.6. The number of benzene rings is 1. The molecule has 0 amide bonds. The van der Waals surface area contributed by atoms with E-state index in [0.717, 1.165) is 18.5 Å². The van der Waals surface area contributed by atoms with Gasteiger partial charge in [0.25, 0.3) is 0 Å².